The highest BCUT2D eigenvalue weighted by atomic mass is 16.2. The van der Waals surface area contributed by atoms with Crippen LogP contribution in [0, 0.1) is 13.8 Å². The molecule has 3 aromatic rings. The average molecular weight is 366 g/mol. The van der Waals surface area contributed by atoms with Crippen molar-refractivity contribution in [1.29, 1.82) is 0 Å². The van der Waals surface area contributed by atoms with Crippen molar-refractivity contribution < 1.29 is 9.59 Å². The molecule has 0 unspecified atom stereocenters. The fourth-order valence-electron chi connectivity index (χ4n) is 2.68. The topological polar surface area (TPSA) is 93.8 Å². The molecule has 0 saturated carbocycles. The molecule has 0 bridgehead atoms. The Bertz CT molecular complexity index is 929. The molecule has 3 rings (SSSR count). The number of nitrogens with one attached hydrogen (secondary N) is 2. The van der Waals surface area contributed by atoms with Crippen molar-refractivity contribution >= 4 is 11.8 Å². The van der Waals surface area contributed by atoms with E-state index >= 15 is 0 Å². The maximum Gasteiger partial charge on any atom is 0.260 e. The first-order valence-electron chi connectivity index (χ1n) is 8.69. The summed E-state index contributed by atoms with van der Waals surface area (Å²) in [6, 6.07) is 11.6. The van der Waals surface area contributed by atoms with Crippen LogP contribution in [0.5, 0.6) is 0 Å². The minimum absolute atomic E-state index is 0.0593. The third-order valence-corrected chi connectivity index (χ3v) is 4.04. The summed E-state index contributed by atoms with van der Waals surface area (Å²) in [4.78, 5) is 23.9. The Morgan fingerprint density at radius 1 is 1.07 bits per heavy atom. The van der Waals surface area contributed by atoms with E-state index in [4.69, 9.17) is 0 Å². The van der Waals surface area contributed by atoms with Gasteiger partial charge in [-0.05, 0) is 44.0 Å². The highest BCUT2D eigenvalue weighted by Gasteiger charge is 2.09. The van der Waals surface area contributed by atoms with Crippen LogP contribution < -0.4 is 10.9 Å². The second kappa shape index (κ2) is 8.31. The second-order valence-corrected chi connectivity index (χ2v) is 6.31. The minimum Gasteiger partial charge on any atom is -0.273 e. The van der Waals surface area contributed by atoms with Crippen LogP contribution >= 0.6 is 0 Å². The molecule has 27 heavy (non-hydrogen) atoms. The Morgan fingerprint density at radius 2 is 1.81 bits per heavy atom. The number of rotatable bonds is 6. The Morgan fingerprint density at radius 3 is 2.52 bits per heavy atom. The molecule has 1 aromatic carbocycles. The van der Waals surface area contributed by atoms with E-state index in [1.165, 1.54) is 0 Å². The number of hydrazine groups is 1. The van der Waals surface area contributed by atoms with Crippen molar-refractivity contribution in [3.05, 3.63) is 65.7 Å². The van der Waals surface area contributed by atoms with Gasteiger partial charge in [0.1, 0.15) is 6.54 Å². The molecule has 2 aromatic heterocycles. The Kier molecular flexibility index (Phi) is 5.65. The minimum atomic E-state index is -0.327. The zero-order valence-corrected chi connectivity index (χ0v) is 15.3. The number of benzene rings is 1. The van der Waals surface area contributed by atoms with Gasteiger partial charge in [-0.1, -0.05) is 18.2 Å². The van der Waals surface area contributed by atoms with Gasteiger partial charge < -0.3 is 0 Å². The molecular weight excluding hydrogens is 344 g/mol. The molecule has 2 heterocycles. The highest BCUT2D eigenvalue weighted by Crippen LogP contribution is 2.09. The van der Waals surface area contributed by atoms with Gasteiger partial charge in [0.15, 0.2) is 0 Å². The zero-order valence-electron chi connectivity index (χ0n) is 15.3. The van der Waals surface area contributed by atoms with Gasteiger partial charge in [-0.15, -0.1) is 0 Å². The quantitative estimate of drug-likeness (QED) is 0.646. The van der Waals surface area contributed by atoms with Crippen LogP contribution in [0.1, 0.15) is 23.4 Å². The van der Waals surface area contributed by atoms with E-state index in [-0.39, 0.29) is 24.8 Å². The summed E-state index contributed by atoms with van der Waals surface area (Å²) in [7, 11) is 0. The van der Waals surface area contributed by atoms with Crippen molar-refractivity contribution in [1.82, 2.24) is 30.4 Å². The number of aryl methyl sites for hydroxylation is 3. The summed E-state index contributed by atoms with van der Waals surface area (Å²) in [5.41, 5.74) is 8.50. The van der Waals surface area contributed by atoms with Crippen molar-refractivity contribution in [2.24, 2.45) is 0 Å². The molecule has 2 amide bonds. The first-order valence-corrected chi connectivity index (χ1v) is 8.69. The Balaban J connectivity index is 1.43. The largest absolute Gasteiger partial charge is 0.273 e. The molecule has 8 heteroatoms. The number of carbonyl (C=O) groups is 2. The van der Waals surface area contributed by atoms with Gasteiger partial charge in [0.2, 0.25) is 5.91 Å². The van der Waals surface area contributed by atoms with E-state index in [2.05, 4.69) is 21.0 Å². The molecule has 140 valence electrons. The summed E-state index contributed by atoms with van der Waals surface area (Å²) in [5.74, 6) is -0.587. The first kappa shape index (κ1) is 18.4. The van der Waals surface area contributed by atoms with E-state index in [1.54, 1.807) is 15.6 Å². The number of carbonyl (C=O) groups excluding carboxylic acids is 2. The third-order valence-electron chi connectivity index (χ3n) is 4.04. The van der Waals surface area contributed by atoms with Gasteiger partial charge >= 0.3 is 0 Å². The highest BCUT2D eigenvalue weighted by molar-refractivity contribution is 5.81. The van der Waals surface area contributed by atoms with Crippen molar-refractivity contribution in [2.45, 2.75) is 33.2 Å². The van der Waals surface area contributed by atoms with Gasteiger partial charge in [0, 0.05) is 18.3 Å². The fourth-order valence-corrected chi connectivity index (χ4v) is 2.68. The zero-order chi connectivity index (χ0) is 19.2. The number of aromatic nitrogens is 4. The molecule has 8 nitrogen and oxygen atoms in total. The van der Waals surface area contributed by atoms with E-state index in [9.17, 15) is 9.59 Å². The lowest BCUT2D eigenvalue weighted by molar-refractivity contribution is -0.129. The smallest absolute Gasteiger partial charge is 0.260 e. The molecule has 0 fully saturated rings. The second-order valence-electron chi connectivity index (χ2n) is 6.31. The lowest BCUT2D eigenvalue weighted by Crippen LogP contribution is -2.43. The van der Waals surface area contributed by atoms with Crippen molar-refractivity contribution in [3.8, 4) is 5.69 Å². The molecule has 0 atom stereocenters. The fraction of sp³-hybridized carbons (Fsp3) is 0.263. The van der Waals surface area contributed by atoms with Crippen molar-refractivity contribution in [2.75, 3.05) is 0 Å². The molecule has 0 aliphatic carbocycles. The van der Waals surface area contributed by atoms with Crippen LogP contribution in [0.3, 0.4) is 0 Å². The predicted molar refractivity (Wildman–Crippen MR) is 99.9 cm³/mol. The Hall–Kier alpha value is -3.42. The molecule has 0 aliphatic rings. The third kappa shape index (κ3) is 5.04. The lowest BCUT2D eigenvalue weighted by atomic mass is 10.2. The molecule has 0 spiro atoms. The van der Waals surface area contributed by atoms with Gasteiger partial charge in [-0.25, -0.2) is 4.68 Å². The van der Waals surface area contributed by atoms with Crippen LogP contribution in [-0.2, 0) is 22.6 Å². The average Bonchev–Trinajstić information content (AvgIpc) is 3.25. The van der Waals surface area contributed by atoms with E-state index in [0.29, 0.717) is 6.42 Å². The van der Waals surface area contributed by atoms with Gasteiger partial charge in [-0.3, -0.25) is 25.1 Å². The monoisotopic (exact) mass is 366 g/mol. The Labute approximate surface area is 157 Å². The molecule has 0 aliphatic heterocycles. The van der Waals surface area contributed by atoms with Gasteiger partial charge in [0.25, 0.3) is 5.91 Å². The lowest BCUT2D eigenvalue weighted by Gasteiger charge is -2.08. The van der Waals surface area contributed by atoms with E-state index < -0.39 is 0 Å². The number of hydrogen-bond donors (Lipinski definition) is 2. The van der Waals surface area contributed by atoms with Crippen molar-refractivity contribution in [3.63, 3.8) is 0 Å². The van der Waals surface area contributed by atoms with Crippen LogP contribution in [0.4, 0.5) is 0 Å². The number of nitrogens with zero attached hydrogens (tertiary/aromatic N) is 4. The van der Waals surface area contributed by atoms with E-state index in [0.717, 1.165) is 22.6 Å². The van der Waals surface area contributed by atoms with Crippen LogP contribution in [0.25, 0.3) is 5.69 Å². The maximum atomic E-state index is 11.9. The number of amides is 2. The van der Waals surface area contributed by atoms with Crippen LogP contribution in [0.2, 0.25) is 0 Å². The SMILES string of the molecule is Cc1cc(C)n(CC(=O)NNC(=O)CCc2cnn(-c3ccccc3)c2)n1. The number of hydrogen-bond acceptors (Lipinski definition) is 4. The van der Waals surface area contributed by atoms with E-state index in [1.807, 2.05) is 56.4 Å². The number of para-hydroxylation sites is 1. The first-order chi connectivity index (χ1) is 13.0. The standard InChI is InChI=1S/C19H22N6O2/c1-14-10-15(2)24(23-14)13-19(27)22-21-18(26)9-8-16-11-20-25(12-16)17-6-4-3-5-7-17/h3-7,10-12H,8-9,13H2,1-2H3,(H,21,26)(H,22,27). The molecule has 0 saturated heterocycles. The molecule has 0 radical (unpaired) electrons. The maximum absolute atomic E-state index is 11.9. The van der Waals surface area contributed by atoms with Crippen LogP contribution in [0.15, 0.2) is 48.8 Å². The van der Waals surface area contributed by atoms with Gasteiger partial charge in [-0.2, -0.15) is 10.2 Å². The summed E-state index contributed by atoms with van der Waals surface area (Å²) >= 11 is 0. The normalized spacial score (nSPS) is 10.6. The summed E-state index contributed by atoms with van der Waals surface area (Å²) in [5, 5.41) is 8.52. The summed E-state index contributed by atoms with van der Waals surface area (Å²) in [6.45, 7) is 3.80. The summed E-state index contributed by atoms with van der Waals surface area (Å²) < 4.78 is 3.36. The van der Waals surface area contributed by atoms with Gasteiger partial charge in [0.05, 0.1) is 17.6 Å². The molecule has 2 N–H and O–H groups in total. The van der Waals surface area contributed by atoms with Crippen LogP contribution in [-0.4, -0.2) is 31.4 Å². The molecular formula is C19H22N6O2. The summed E-state index contributed by atoms with van der Waals surface area (Å²) in [6.07, 6.45) is 4.42. The predicted octanol–water partition coefficient (Wildman–Crippen LogP) is 1.47.